The molecule has 1 atom stereocenters. The van der Waals surface area contributed by atoms with Crippen LogP contribution in [0.1, 0.15) is 17.3 Å². The van der Waals surface area contributed by atoms with Crippen molar-refractivity contribution in [1.29, 1.82) is 0 Å². The molecule has 3 heteroatoms. The fourth-order valence-corrected chi connectivity index (χ4v) is 0.922. The minimum absolute atomic E-state index is 0.147. The zero-order valence-electron chi connectivity index (χ0n) is 6.57. The van der Waals surface area contributed by atoms with Crippen molar-refractivity contribution in [1.82, 2.24) is 4.98 Å². The Morgan fingerprint density at radius 1 is 1.75 bits per heavy atom. The van der Waals surface area contributed by atoms with E-state index in [0.29, 0.717) is 11.3 Å². The standard InChI is InChI=1S/C9H10N2O/c1-2-7-4-3-5-11-9(7)8(10)6-12/h1,3-5,8,12H,6,10H2. The molecule has 0 aliphatic heterocycles. The highest BCUT2D eigenvalue weighted by molar-refractivity contribution is 5.37. The van der Waals surface area contributed by atoms with Gasteiger partial charge in [0.1, 0.15) is 0 Å². The number of aromatic nitrogens is 1. The van der Waals surface area contributed by atoms with Gasteiger partial charge >= 0.3 is 0 Å². The molecule has 1 unspecified atom stereocenters. The number of hydrogen-bond donors (Lipinski definition) is 2. The van der Waals surface area contributed by atoms with Crippen LogP contribution in [0.3, 0.4) is 0 Å². The van der Waals surface area contributed by atoms with E-state index < -0.39 is 6.04 Å². The van der Waals surface area contributed by atoms with Crippen LogP contribution < -0.4 is 5.73 Å². The normalized spacial score (nSPS) is 12.1. The summed E-state index contributed by atoms with van der Waals surface area (Å²) in [6.45, 7) is -0.147. The van der Waals surface area contributed by atoms with Crippen molar-refractivity contribution in [3.63, 3.8) is 0 Å². The molecule has 3 N–H and O–H groups in total. The summed E-state index contributed by atoms with van der Waals surface area (Å²) in [7, 11) is 0. The summed E-state index contributed by atoms with van der Waals surface area (Å²) in [6.07, 6.45) is 6.82. The van der Waals surface area contributed by atoms with Crippen molar-refractivity contribution in [3.05, 3.63) is 29.6 Å². The van der Waals surface area contributed by atoms with E-state index in [9.17, 15) is 0 Å². The molecule has 0 radical (unpaired) electrons. The monoisotopic (exact) mass is 162 g/mol. The highest BCUT2D eigenvalue weighted by Gasteiger charge is 2.08. The summed E-state index contributed by atoms with van der Waals surface area (Å²) in [4.78, 5) is 3.99. The van der Waals surface area contributed by atoms with Crippen molar-refractivity contribution >= 4 is 0 Å². The maximum absolute atomic E-state index is 8.77. The number of pyridine rings is 1. The molecule has 12 heavy (non-hydrogen) atoms. The Labute approximate surface area is 71.2 Å². The van der Waals surface area contributed by atoms with Crippen molar-refractivity contribution < 1.29 is 5.11 Å². The van der Waals surface area contributed by atoms with Gasteiger partial charge in [-0.25, -0.2) is 0 Å². The first kappa shape index (κ1) is 8.72. The molecule has 3 nitrogen and oxygen atoms in total. The molecule has 0 bridgehead atoms. The van der Waals surface area contributed by atoms with E-state index in [0.717, 1.165) is 0 Å². The molecule has 1 aromatic rings. The third kappa shape index (κ3) is 1.62. The van der Waals surface area contributed by atoms with Crippen molar-refractivity contribution in [2.75, 3.05) is 6.61 Å². The molecule has 0 aromatic carbocycles. The molecular formula is C9H10N2O. The first-order chi connectivity index (χ1) is 5.79. The molecule has 0 aliphatic carbocycles. The van der Waals surface area contributed by atoms with Crippen LogP contribution >= 0.6 is 0 Å². The molecule has 0 saturated carbocycles. The predicted molar refractivity (Wildman–Crippen MR) is 46.2 cm³/mol. The molecule has 0 amide bonds. The Balaban J connectivity index is 3.07. The summed E-state index contributed by atoms with van der Waals surface area (Å²) in [5.74, 6) is 2.46. The number of nitrogens with zero attached hydrogens (tertiary/aromatic N) is 1. The van der Waals surface area contributed by atoms with Crippen molar-refractivity contribution in [2.24, 2.45) is 5.73 Å². The highest BCUT2D eigenvalue weighted by atomic mass is 16.3. The lowest BCUT2D eigenvalue weighted by Crippen LogP contribution is -2.17. The van der Waals surface area contributed by atoms with Gasteiger partial charge in [-0.05, 0) is 12.1 Å². The number of rotatable bonds is 2. The van der Waals surface area contributed by atoms with Gasteiger partial charge in [0.05, 0.1) is 18.3 Å². The van der Waals surface area contributed by atoms with Gasteiger partial charge < -0.3 is 10.8 Å². The lowest BCUT2D eigenvalue weighted by atomic mass is 10.1. The second kappa shape index (κ2) is 3.86. The first-order valence-electron chi connectivity index (χ1n) is 3.57. The number of aliphatic hydroxyl groups is 1. The van der Waals surface area contributed by atoms with Crippen LogP contribution in [0.15, 0.2) is 18.3 Å². The SMILES string of the molecule is C#Cc1cccnc1C(N)CO. The third-order valence-electron chi connectivity index (χ3n) is 1.54. The minimum Gasteiger partial charge on any atom is -0.394 e. The highest BCUT2D eigenvalue weighted by Crippen LogP contribution is 2.10. The van der Waals surface area contributed by atoms with Crippen LogP contribution in [0.4, 0.5) is 0 Å². The smallest absolute Gasteiger partial charge is 0.0750 e. The van der Waals surface area contributed by atoms with E-state index in [1.807, 2.05) is 0 Å². The van der Waals surface area contributed by atoms with Crippen molar-refractivity contribution in [3.8, 4) is 12.3 Å². The van der Waals surface area contributed by atoms with Gasteiger partial charge in [0, 0.05) is 11.8 Å². The number of terminal acetylenes is 1. The van der Waals surface area contributed by atoms with Gasteiger partial charge in [-0.1, -0.05) is 5.92 Å². The van der Waals surface area contributed by atoms with E-state index in [1.54, 1.807) is 18.3 Å². The second-order valence-corrected chi connectivity index (χ2v) is 2.37. The third-order valence-corrected chi connectivity index (χ3v) is 1.54. The summed E-state index contributed by atoms with van der Waals surface area (Å²) in [5, 5.41) is 8.77. The largest absolute Gasteiger partial charge is 0.394 e. The minimum atomic E-state index is -0.489. The topological polar surface area (TPSA) is 59.1 Å². The number of nitrogens with two attached hydrogens (primary N) is 1. The molecule has 0 aliphatic rings. The zero-order chi connectivity index (χ0) is 8.97. The molecule has 0 spiro atoms. The van der Waals surface area contributed by atoms with E-state index in [1.165, 1.54) is 0 Å². The molecule has 0 saturated heterocycles. The van der Waals surface area contributed by atoms with Crippen LogP contribution in [0.5, 0.6) is 0 Å². The molecule has 1 rings (SSSR count). The second-order valence-electron chi connectivity index (χ2n) is 2.37. The summed E-state index contributed by atoms with van der Waals surface area (Å²) in [5.41, 5.74) is 6.77. The Kier molecular flexibility index (Phi) is 2.81. The van der Waals surface area contributed by atoms with Crippen LogP contribution in [0.2, 0.25) is 0 Å². The number of aliphatic hydroxyl groups excluding tert-OH is 1. The molecular weight excluding hydrogens is 152 g/mol. The van der Waals surface area contributed by atoms with E-state index in [2.05, 4.69) is 10.9 Å². The van der Waals surface area contributed by atoms with Gasteiger partial charge in [0.15, 0.2) is 0 Å². The Hall–Kier alpha value is -1.37. The first-order valence-corrected chi connectivity index (χ1v) is 3.57. The van der Waals surface area contributed by atoms with Crippen LogP contribution in [0, 0.1) is 12.3 Å². The molecule has 0 fully saturated rings. The average molecular weight is 162 g/mol. The van der Waals surface area contributed by atoms with E-state index in [-0.39, 0.29) is 6.61 Å². The quantitative estimate of drug-likeness (QED) is 0.604. The van der Waals surface area contributed by atoms with Crippen LogP contribution in [0.25, 0.3) is 0 Å². The maximum atomic E-state index is 8.77. The Morgan fingerprint density at radius 3 is 3.08 bits per heavy atom. The van der Waals surface area contributed by atoms with E-state index >= 15 is 0 Å². The fraction of sp³-hybridized carbons (Fsp3) is 0.222. The van der Waals surface area contributed by atoms with Crippen LogP contribution in [-0.4, -0.2) is 16.7 Å². The predicted octanol–water partition coefficient (Wildman–Crippen LogP) is 0.0550. The summed E-state index contributed by atoms with van der Waals surface area (Å²) < 4.78 is 0. The van der Waals surface area contributed by atoms with Crippen LogP contribution in [-0.2, 0) is 0 Å². The molecule has 1 heterocycles. The van der Waals surface area contributed by atoms with Gasteiger partial charge in [0.25, 0.3) is 0 Å². The van der Waals surface area contributed by atoms with Gasteiger partial charge in [-0.3, -0.25) is 4.98 Å². The summed E-state index contributed by atoms with van der Waals surface area (Å²) in [6, 6.07) is 3.00. The van der Waals surface area contributed by atoms with Gasteiger partial charge in [-0.15, -0.1) is 6.42 Å². The molecule has 62 valence electrons. The summed E-state index contributed by atoms with van der Waals surface area (Å²) >= 11 is 0. The zero-order valence-corrected chi connectivity index (χ0v) is 6.57. The van der Waals surface area contributed by atoms with Crippen molar-refractivity contribution in [2.45, 2.75) is 6.04 Å². The lowest BCUT2D eigenvalue weighted by Gasteiger charge is -2.08. The van der Waals surface area contributed by atoms with Gasteiger partial charge in [-0.2, -0.15) is 0 Å². The van der Waals surface area contributed by atoms with E-state index in [4.69, 9.17) is 17.3 Å². The number of hydrogen-bond acceptors (Lipinski definition) is 3. The molecule has 1 aromatic heterocycles. The van der Waals surface area contributed by atoms with Gasteiger partial charge in [0.2, 0.25) is 0 Å². The Bertz CT molecular complexity index is 304. The fourth-order valence-electron chi connectivity index (χ4n) is 0.922. The maximum Gasteiger partial charge on any atom is 0.0750 e. The Morgan fingerprint density at radius 2 is 2.50 bits per heavy atom. The lowest BCUT2D eigenvalue weighted by molar-refractivity contribution is 0.265. The average Bonchev–Trinajstić information content (AvgIpc) is 2.16.